The Balaban J connectivity index is 2.26. The van der Waals surface area contributed by atoms with Crippen molar-refractivity contribution in [1.29, 1.82) is 0 Å². The Kier molecular flexibility index (Phi) is 8.87. The first-order chi connectivity index (χ1) is 14.3. The predicted octanol–water partition coefficient (Wildman–Crippen LogP) is 3.59. The van der Waals surface area contributed by atoms with Crippen LogP contribution in [-0.4, -0.2) is 33.0 Å². The number of ether oxygens (including phenoxy) is 1. The molecule has 0 aliphatic heterocycles. The summed E-state index contributed by atoms with van der Waals surface area (Å²) in [6.45, 7) is 8.13. The lowest BCUT2D eigenvalue weighted by molar-refractivity contribution is -0.123. The average Bonchev–Trinajstić information content (AvgIpc) is 2.70. The number of amides is 1. The normalized spacial score (nSPS) is 13.5. The van der Waals surface area contributed by atoms with Gasteiger partial charge in [0.1, 0.15) is 11.8 Å². The molecule has 164 valence electrons. The smallest absolute Gasteiger partial charge is 0.241 e. The minimum atomic E-state index is -3.89. The van der Waals surface area contributed by atoms with Crippen LogP contribution in [0.15, 0.2) is 53.4 Å². The van der Waals surface area contributed by atoms with Crippen LogP contribution in [0.2, 0.25) is 0 Å². The third kappa shape index (κ3) is 6.85. The lowest BCUT2D eigenvalue weighted by Crippen LogP contribution is -2.50. The molecule has 0 spiro atoms. The van der Waals surface area contributed by atoms with E-state index in [2.05, 4.69) is 10.0 Å². The topological polar surface area (TPSA) is 84.5 Å². The highest BCUT2D eigenvalue weighted by molar-refractivity contribution is 7.89. The molecule has 2 aromatic rings. The maximum atomic E-state index is 13.0. The molecular formula is C23H32N2O4S. The van der Waals surface area contributed by atoms with Gasteiger partial charge in [-0.3, -0.25) is 4.79 Å². The van der Waals surface area contributed by atoms with Crippen molar-refractivity contribution < 1.29 is 17.9 Å². The zero-order chi connectivity index (χ0) is 22.1. The van der Waals surface area contributed by atoms with E-state index in [1.54, 1.807) is 19.1 Å². The first-order valence-electron chi connectivity index (χ1n) is 10.4. The van der Waals surface area contributed by atoms with Gasteiger partial charge < -0.3 is 10.1 Å². The van der Waals surface area contributed by atoms with E-state index in [4.69, 9.17) is 4.74 Å². The monoisotopic (exact) mass is 432 g/mol. The van der Waals surface area contributed by atoms with Gasteiger partial charge >= 0.3 is 0 Å². The van der Waals surface area contributed by atoms with Crippen LogP contribution >= 0.6 is 0 Å². The second kappa shape index (κ2) is 11.1. The summed E-state index contributed by atoms with van der Waals surface area (Å²) in [6, 6.07) is 13.1. The van der Waals surface area contributed by atoms with Gasteiger partial charge in [0, 0.05) is 6.04 Å². The van der Waals surface area contributed by atoms with E-state index in [1.165, 1.54) is 6.07 Å². The Hall–Kier alpha value is -2.38. The zero-order valence-electron chi connectivity index (χ0n) is 18.1. The Morgan fingerprint density at radius 1 is 1.10 bits per heavy atom. The third-order valence-corrected chi connectivity index (χ3v) is 6.23. The number of benzene rings is 2. The van der Waals surface area contributed by atoms with Crippen LogP contribution in [0.3, 0.4) is 0 Å². The Morgan fingerprint density at radius 2 is 1.80 bits per heavy atom. The number of hydrogen-bond acceptors (Lipinski definition) is 4. The summed E-state index contributed by atoms with van der Waals surface area (Å²) in [6.07, 6.45) is 2.03. The van der Waals surface area contributed by atoms with Crippen LogP contribution < -0.4 is 14.8 Å². The summed E-state index contributed by atoms with van der Waals surface area (Å²) in [5, 5.41) is 2.93. The van der Waals surface area contributed by atoms with E-state index >= 15 is 0 Å². The van der Waals surface area contributed by atoms with Crippen molar-refractivity contribution in [2.75, 3.05) is 6.61 Å². The summed E-state index contributed by atoms with van der Waals surface area (Å²) in [7, 11) is -3.89. The fourth-order valence-electron chi connectivity index (χ4n) is 3.25. The molecule has 0 saturated carbocycles. The van der Waals surface area contributed by atoms with Gasteiger partial charge in [-0.25, -0.2) is 8.42 Å². The maximum absolute atomic E-state index is 13.0. The van der Waals surface area contributed by atoms with Gasteiger partial charge in [-0.15, -0.1) is 0 Å². The second-order valence-electron chi connectivity index (χ2n) is 7.42. The number of sulfonamides is 1. The van der Waals surface area contributed by atoms with Crippen LogP contribution in [0.1, 0.15) is 44.7 Å². The van der Waals surface area contributed by atoms with Gasteiger partial charge in [0.15, 0.2) is 0 Å². The quantitative estimate of drug-likeness (QED) is 0.568. The summed E-state index contributed by atoms with van der Waals surface area (Å²) >= 11 is 0. The number of hydrogen-bond donors (Lipinski definition) is 2. The summed E-state index contributed by atoms with van der Waals surface area (Å²) in [5.41, 5.74) is 1.60. The van der Waals surface area contributed by atoms with Crippen molar-refractivity contribution in [2.24, 2.45) is 0 Å². The van der Waals surface area contributed by atoms with E-state index in [1.807, 2.05) is 51.1 Å². The number of carbonyl (C=O) groups is 1. The second-order valence-corrected chi connectivity index (χ2v) is 9.14. The zero-order valence-corrected chi connectivity index (χ0v) is 19.0. The van der Waals surface area contributed by atoms with E-state index in [0.29, 0.717) is 12.4 Å². The fraction of sp³-hybridized carbons (Fsp3) is 0.435. The third-order valence-electron chi connectivity index (χ3n) is 4.76. The standard InChI is InChI=1S/C23H32N2O4S/c1-5-10-18(4)24-23(26)21(16-19-11-8-7-9-12-19)25-30(27,28)20-13-14-22(29-6-2)17(3)15-20/h7-9,11-15,18,21,25H,5-6,10,16H2,1-4H3,(H,24,26). The molecule has 0 radical (unpaired) electrons. The van der Waals surface area contributed by atoms with Crippen LogP contribution in [0.5, 0.6) is 5.75 Å². The van der Waals surface area contributed by atoms with Crippen molar-refractivity contribution >= 4 is 15.9 Å². The van der Waals surface area contributed by atoms with Gasteiger partial charge in [-0.05, 0) is 62.9 Å². The molecule has 2 rings (SSSR count). The van der Waals surface area contributed by atoms with Gasteiger partial charge in [0.05, 0.1) is 11.5 Å². The minimum absolute atomic E-state index is 0.0296. The van der Waals surface area contributed by atoms with Crippen LogP contribution in [-0.2, 0) is 21.2 Å². The first-order valence-corrected chi connectivity index (χ1v) is 11.8. The molecule has 1 amide bonds. The molecule has 2 unspecified atom stereocenters. The Labute approximate surface area is 180 Å². The molecule has 0 bridgehead atoms. The molecule has 30 heavy (non-hydrogen) atoms. The number of aryl methyl sites for hydroxylation is 1. The fourth-order valence-corrected chi connectivity index (χ4v) is 4.53. The number of rotatable bonds is 11. The Morgan fingerprint density at radius 3 is 2.40 bits per heavy atom. The summed E-state index contributed by atoms with van der Waals surface area (Å²) < 4.78 is 34.2. The summed E-state index contributed by atoms with van der Waals surface area (Å²) in [5.74, 6) is 0.314. The SMILES string of the molecule is CCCC(C)NC(=O)C(Cc1ccccc1)NS(=O)(=O)c1ccc(OCC)c(C)c1. The highest BCUT2D eigenvalue weighted by atomic mass is 32.2. The average molecular weight is 433 g/mol. The molecule has 2 atom stereocenters. The van der Waals surface area contributed by atoms with Crippen LogP contribution in [0.25, 0.3) is 0 Å². The Bertz CT molecular complexity index is 929. The van der Waals surface area contributed by atoms with Crippen molar-refractivity contribution in [3.05, 3.63) is 59.7 Å². The van der Waals surface area contributed by atoms with Crippen LogP contribution in [0, 0.1) is 6.92 Å². The lowest BCUT2D eigenvalue weighted by Gasteiger charge is -2.21. The summed E-state index contributed by atoms with van der Waals surface area (Å²) in [4.78, 5) is 13.0. The molecule has 0 aromatic heterocycles. The largest absolute Gasteiger partial charge is 0.494 e. The van der Waals surface area contributed by atoms with E-state index < -0.39 is 16.1 Å². The molecule has 6 nitrogen and oxygen atoms in total. The minimum Gasteiger partial charge on any atom is -0.494 e. The van der Waals surface area contributed by atoms with Gasteiger partial charge in [0.25, 0.3) is 0 Å². The number of carbonyl (C=O) groups excluding carboxylic acids is 1. The van der Waals surface area contributed by atoms with E-state index in [0.717, 1.165) is 24.0 Å². The molecule has 7 heteroatoms. The van der Waals surface area contributed by atoms with Crippen molar-refractivity contribution in [1.82, 2.24) is 10.0 Å². The highest BCUT2D eigenvalue weighted by Gasteiger charge is 2.27. The molecular weight excluding hydrogens is 400 g/mol. The molecule has 0 heterocycles. The molecule has 0 fully saturated rings. The highest BCUT2D eigenvalue weighted by Crippen LogP contribution is 2.22. The molecule has 0 aliphatic rings. The van der Waals surface area contributed by atoms with E-state index in [-0.39, 0.29) is 23.3 Å². The maximum Gasteiger partial charge on any atom is 0.241 e. The molecule has 2 aromatic carbocycles. The van der Waals surface area contributed by atoms with Crippen LogP contribution in [0.4, 0.5) is 0 Å². The van der Waals surface area contributed by atoms with Gasteiger partial charge in [-0.2, -0.15) is 4.72 Å². The van der Waals surface area contributed by atoms with E-state index in [9.17, 15) is 13.2 Å². The number of nitrogens with one attached hydrogen (secondary N) is 2. The van der Waals surface area contributed by atoms with Crippen molar-refractivity contribution in [2.45, 2.75) is 63.9 Å². The van der Waals surface area contributed by atoms with Gasteiger partial charge in [0.2, 0.25) is 15.9 Å². The van der Waals surface area contributed by atoms with Crippen molar-refractivity contribution in [3.8, 4) is 5.75 Å². The van der Waals surface area contributed by atoms with Crippen molar-refractivity contribution in [3.63, 3.8) is 0 Å². The molecule has 0 saturated heterocycles. The first kappa shape index (κ1) is 23.9. The molecule has 0 aliphatic carbocycles. The predicted molar refractivity (Wildman–Crippen MR) is 119 cm³/mol. The van der Waals surface area contributed by atoms with Gasteiger partial charge in [-0.1, -0.05) is 43.7 Å². The lowest BCUT2D eigenvalue weighted by atomic mass is 10.1. The molecule has 2 N–H and O–H groups in total.